The molecule has 0 aromatic carbocycles. The predicted octanol–water partition coefficient (Wildman–Crippen LogP) is 1.68. The average molecular weight is 205 g/mol. The summed E-state index contributed by atoms with van der Waals surface area (Å²) in [5, 5.41) is 4.29. The topological polar surface area (TPSA) is 57.0 Å². The molecule has 15 heavy (non-hydrogen) atoms. The first-order valence-electron chi connectivity index (χ1n) is 4.90. The fourth-order valence-electron chi connectivity index (χ4n) is 1.72. The average Bonchev–Trinajstić information content (AvgIpc) is 2.71. The lowest BCUT2D eigenvalue weighted by atomic mass is 10.1. The highest BCUT2D eigenvalue weighted by molar-refractivity contribution is 5.30. The number of aryl methyl sites for hydroxylation is 3. The molecule has 80 valence electrons. The van der Waals surface area contributed by atoms with E-state index < -0.39 is 0 Å². The van der Waals surface area contributed by atoms with Crippen LogP contribution in [0.2, 0.25) is 0 Å². The Kier molecular flexibility index (Phi) is 2.36. The van der Waals surface area contributed by atoms with Crippen molar-refractivity contribution in [2.24, 2.45) is 12.8 Å². The number of furan rings is 1. The van der Waals surface area contributed by atoms with Gasteiger partial charge in [0.2, 0.25) is 0 Å². The molecule has 0 aliphatic carbocycles. The predicted molar refractivity (Wildman–Crippen MR) is 57.4 cm³/mol. The summed E-state index contributed by atoms with van der Waals surface area (Å²) in [5.74, 6) is 1.75. The van der Waals surface area contributed by atoms with E-state index in [1.165, 1.54) is 0 Å². The van der Waals surface area contributed by atoms with Crippen LogP contribution in [0, 0.1) is 13.8 Å². The fourth-order valence-corrected chi connectivity index (χ4v) is 1.72. The second-order valence-electron chi connectivity index (χ2n) is 3.76. The first-order valence-corrected chi connectivity index (χ1v) is 4.90. The smallest absolute Gasteiger partial charge is 0.106 e. The van der Waals surface area contributed by atoms with Gasteiger partial charge in [0.05, 0.1) is 11.7 Å². The Hall–Kier alpha value is -1.55. The largest absolute Gasteiger partial charge is 0.466 e. The van der Waals surface area contributed by atoms with Gasteiger partial charge in [-0.25, -0.2) is 0 Å². The maximum Gasteiger partial charge on any atom is 0.106 e. The molecule has 0 aliphatic heterocycles. The van der Waals surface area contributed by atoms with Crippen molar-refractivity contribution < 1.29 is 4.42 Å². The minimum Gasteiger partial charge on any atom is -0.466 e. The lowest BCUT2D eigenvalue weighted by Crippen LogP contribution is -2.13. The molecule has 2 rings (SSSR count). The van der Waals surface area contributed by atoms with Crippen molar-refractivity contribution in [2.45, 2.75) is 19.9 Å². The third-order valence-electron chi connectivity index (χ3n) is 2.47. The molecule has 0 saturated carbocycles. The maximum absolute atomic E-state index is 6.11. The highest BCUT2D eigenvalue weighted by Gasteiger charge is 2.16. The van der Waals surface area contributed by atoms with Gasteiger partial charge in [-0.05, 0) is 26.0 Å². The summed E-state index contributed by atoms with van der Waals surface area (Å²) in [6.07, 6.45) is 1.89. The molecule has 0 aliphatic rings. The molecule has 1 unspecified atom stereocenters. The highest BCUT2D eigenvalue weighted by atomic mass is 16.3. The third kappa shape index (κ3) is 1.80. The first-order chi connectivity index (χ1) is 7.08. The zero-order chi connectivity index (χ0) is 11.0. The van der Waals surface area contributed by atoms with E-state index in [1.807, 2.05) is 39.2 Å². The SMILES string of the molecule is Cc1cc(C(N)c2ccn(C)n2)c(C)o1. The van der Waals surface area contributed by atoms with Crippen LogP contribution in [0.1, 0.15) is 28.8 Å². The molecule has 2 aromatic heterocycles. The number of nitrogens with two attached hydrogens (primary N) is 1. The zero-order valence-corrected chi connectivity index (χ0v) is 9.19. The van der Waals surface area contributed by atoms with Crippen molar-refractivity contribution in [3.8, 4) is 0 Å². The molecule has 0 radical (unpaired) electrons. The van der Waals surface area contributed by atoms with Crippen molar-refractivity contribution in [2.75, 3.05) is 0 Å². The maximum atomic E-state index is 6.11. The normalized spacial score (nSPS) is 13.1. The zero-order valence-electron chi connectivity index (χ0n) is 9.19. The summed E-state index contributed by atoms with van der Waals surface area (Å²) in [4.78, 5) is 0. The van der Waals surface area contributed by atoms with Crippen molar-refractivity contribution in [3.05, 3.63) is 41.1 Å². The van der Waals surface area contributed by atoms with Gasteiger partial charge in [-0.15, -0.1) is 0 Å². The minimum atomic E-state index is -0.205. The van der Waals surface area contributed by atoms with Gasteiger partial charge >= 0.3 is 0 Å². The summed E-state index contributed by atoms with van der Waals surface area (Å²) in [6, 6.07) is 3.69. The first kappa shape index (κ1) is 9.98. The Morgan fingerprint density at radius 1 is 1.47 bits per heavy atom. The Morgan fingerprint density at radius 3 is 2.67 bits per heavy atom. The minimum absolute atomic E-state index is 0.205. The standard InChI is InChI=1S/C11H15N3O/c1-7-6-9(8(2)15-7)11(12)10-4-5-14(3)13-10/h4-6,11H,12H2,1-3H3. The Balaban J connectivity index is 2.35. The molecular formula is C11H15N3O. The third-order valence-corrected chi connectivity index (χ3v) is 2.47. The van der Waals surface area contributed by atoms with E-state index in [-0.39, 0.29) is 6.04 Å². The van der Waals surface area contributed by atoms with Crippen molar-refractivity contribution in [3.63, 3.8) is 0 Å². The number of hydrogen-bond donors (Lipinski definition) is 1. The Labute approximate surface area is 88.7 Å². The van der Waals surface area contributed by atoms with Crippen molar-refractivity contribution in [1.82, 2.24) is 9.78 Å². The highest BCUT2D eigenvalue weighted by Crippen LogP contribution is 2.24. The summed E-state index contributed by atoms with van der Waals surface area (Å²) >= 11 is 0. The van der Waals surface area contributed by atoms with Crippen LogP contribution in [-0.4, -0.2) is 9.78 Å². The number of rotatable bonds is 2. The van der Waals surface area contributed by atoms with E-state index >= 15 is 0 Å². The van der Waals surface area contributed by atoms with Gasteiger partial charge in [0.25, 0.3) is 0 Å². The van der Waals surface area contributed by atoms with Gasteiger partial charge in [0.1, 0.15) is 11.5 Å². The van der Waals surface area contributed by atoms with E-state index in [4.69, 9.17) is 10.2 Å². The molecule has 0 bridgehead atoms. The van der Waals surface area contributed by atoms with Crippen LogP contribution in [0.15, 0.2) is 22.7 Å². The molecule has 0 fully saturated rings. The van der Waals surface area contributed by atoms with Crippen molar-refractivity contribution >= 4 is 0 Å². The molecule has 0 amide bonds. The molecular weight excluding hydrogens is 190 g/mol. The number of hydrogen-bond acceptors (Lipinski definition) is 3. The van der Waals surface area contributed by atoms with E-state index in [9.17, 15) is 0 Å². The molecule has 2 heterocycles. The molecule has 4 nitrogen and oxygen atoms in total. The molecule has 0 spiro atoms. The summed E-state index contributed by atoms with van der Waals surface area (Å²) in [7, 11) is 1.88. The van der Waals surface area contributed by atoms with Gasteiger partial charge in [-0.3, -0.25) is 4.68 Å². The molecule has 2 aromatic rings. The van der Waals surface area contributed by atoms with Gasteiger partial charge in [-0.1, -0.05) is 0 Å². The van der Waals surface area contributed by atoms with Crippen LogP contribution in [0.5, 0.6) is 0 Å². The second-order valence-corrected chi connectivity index (χ2v) is 3.76. The van der Waals surface area contributed by atoms with Crippen molar-refractivity contribution in [1.29, 1.82) is 0 Å². The van der Waals surface area contributed by atoms with E-state index in [0.717, 1.165) is 22.8 Å². The Bertz CT molecular complexity index is 470. The van der Waals surface area contributed by atoms with Gasteiger partial charge < -0.3 is 10.2 Å². The molecule has 0 saturated heterocycles. The van der Waals surface area contributed by atoms with Crippen LogP contribution in [-0.2, 0) is 7.05 Å². The lowest BCUT2D eigenvalue weighted by Gasteiger charge is -2.06. The summed E-state index contributed by atoms with van der Waals surface area (Å²) in [5.41, 5.74) is 7.98. The van der Waals surface area contributed by atoms with Crippen LogP contribution < -0.4 is 5.73 Å². The van der Waals surface area contributed by atoms with Gasteiger partial charge in [0.15, 0.2) is 0 Å². The van der Waals surface area contributed by atoms with Crippen LogP contribution in [0.25, 0.3) is 0 Å². The Morgan fingerprint density at radius 2 is 2.20 bits per heavy atom. The van der Waals surface area contributed by atoms with Gasteiger partial charge in [0, 0.05) is 18.8 Å². The molecule has 4 heteroatoms. The van der Waals surface area contributed by atoms with Crippen LogP contribution in [0.4, 0.5) is 0 Å². The van der Waals surface area contributed by atoms with E-state index in [0.29, 0.717) is 0 Å². The summed E-state index contributed by atoms with van der Waals surface area (Å²) in [6.45, 7) is 3.84. The monoisotopic (exact) mass is 205 g/mol. The molecule has 2 N–H and O–H groups in total. The van der Waals surface area contributed by atoms with Crippen LogP contribution in [0.3, 0.4) is 0 Å². The van der Waals surface area contributed by atoms with Gasteiger partial charge in [-0.2, -0.15) is 5.10 Å². The van der Waals surface area contributed by atoms with Crippen LogP contribution >= 0.6 is 0 Å². The second kappa shape index (κ2) is 3.55. The van der Waals surface area contributed by atoms with E-state index in [2.05, 4.69) is 5.10 Å². The van der Waals surface area contributed by atoms with E-state index in [1.54, 1.807) is 4.68 Å². The number of nitrogens with zero attached hydrogens (tertiary/aromatic N) is 2. The number of aromatic nitrogens is 2. The quantitative estimate of drug-likeness (QED) is 0.811. The fraction of sp³-hybridized carbons (Fsp3) is 0.364. The lowest BCUT2D eigenvalue weighted by molar-refractivity contribution is 0.499. The summed E-state index contributed by atoms with van der Waals surface area (Å²) < 4.78 is 7.20. The molecule has 1 atom stereocenters.